The van der Waals surface area contributed by atoms with E-state index in [1.807, 2.05) is 12.2 Å². The summed E-state index contributed by atoms with van der Waals surface area (Å²) in [7, 11) is -3.01. The number of thioether (sulfide) groups is 1. The lowest BCUT2D eigenvalue weighted by Crippen LogP contribution is -2.28. The number of unbranched alkanes of at least 4 members (excludes halogenated alkanes) is 13. The summed E-state index contributed by atoms with van der Waals surface area (Å²) in [5.74, 6) is -0.894. The van der Waals surface area contributed by atoms with Gasteiger partial charge in [-0.1, -0.05) is 102 Å². The Morgan fingerprint density at radius 2 is 1.71 bits per heavy atom. The van der Waals surface area contributed by atoms with Crippen LogP contribution in [-0.2, 0) is 28.2 Å². The van der Waals surface area contributed by atoms with E-state index in [0.717, 1.165) is 32.4 Å². The molecule has 266 valence electrons. The third-order valence-electron chi connectivity index (χ3n) is 7.23. The number of methoxy groups -OCH3 is 1. The molecule has 15 heteroatoms. The molecular formula is C33H51N6O7PS. The van der Waals surface area contributed by atoms with Crippen LogP contribution < -0.4 is 11.4 Å². The Morgan fingerprint density at radius 3 is 2.35 bits per heavy atom. The number of carbonyl (C=O) groups is 2. The number of nitrogens with two attached hydrogens (primary N) is 1. The quantitative estimate of drug-likeness (QED) is 0.0293. The molecule has 48 heavy (non-hydrogen) atoms. The molecule has 1 aromatic rings. The minimum atomic E-state index is -4.15. The Kier molecular flexibility index (Phi) is 21.2. The van der Waals surface area contributed by atoms with E-state index in [-0.39, 0.29) is 12.4 Å². The molecule has 0 aromatic carbocycles. The van der Waals surface area contributed by atoms with Crippen LogP contribution in [0.3, 0.4) is 0 Å². The molecule has 1 amide bonds. The monoisotopic (exact) mass is 706 g/mol. The first-order chi connectivity index (χ1) is 23.3. The summed E-state index contributed by atoms with van der Waals surface area (Å²) in [5.41, 5.74) is 4.35. The lowest BCUT2D eigenvalue weighted by Gasteiger charge is -2.15. The SMILES string of the molecule is CCCCCCCCCCCCCCC/C=C\C=CC(=O)N=CC=NP(=O)(N=CC(=O)OC)OC[C@@H]1O[C@H](n2ccc(N)nc2=O)CS1. The van der Waals surface area contributed by atoms with E-state index in [0.29, 0.717) is 12.0 Å². The number of amides is 1. The molecule has 2 heterocycles. The summed E-state index contributed by atoms with van der Waals surface area (Å²) in [6, 6.07) is 1.48. The number of nitrogen functional groups attached to an aromatic ring is 1. The van der Waals surface area contributed by atoms with Gasteiger partial charge in [0, 0.05) is 24.2 Å². The summed E-state index contributed by atoms with van der Waals surface area (Å²) in [6.07, 6.45) is 28.5. The summed E-state index contributed by atoms with van der Waals surface area (Å²) in [6.45, 7) is 2.03. The molecule has 3 atom stereocenters. The van der Waals surface area contributed by atoms with E-state index in [4.69, 9.17) is 15.0 Å². The van der Waals surface area contributed by atoms with Crippen molar-refractivity contribution in [3.63, 3.8) is 0 Å². The fourth-order valence-electron chi connectivity index (χ4n) is 4.61. The molecule has 0 bridgehead atoms. The molecule has 0 saturated carbocycles. The van der Waals surface area contributed by atoms with Gasteiger partial charge in [-0.2, -0.15) is 14.5 Å². The molecule has 1 aliphatic rings. The highest BCUT2D eigenvalue weighted by Crippen LogP contribution is 2.50. The second-order valence-electron chi connectivity index (χ2n) is 11.1. The first-order valence-corrected chi connectivity index (χ1v) is 19.3. The van der Waals surface area contributed by atoms with Crippen LogP contribution in [0.25, 0.3) is 0 Å². The largest absolute Gasteiger partial charge is 0.465 e. The zero-order valence-electron chi connectivity index (χ0n) is 28.2. The Bertz CT molecular complexity index is 1360. The summed E-state index contributed by atoms with van der Waals surface area (Å²) >= 11 is 1.31. The predicted molar refractivity (Wildman–Crippen MR) is 194 cm³/mol. The smallest absolute Gasteiger partial charge is 0.434 e. The molecule has 1 aromatic heterocycles. The van der Waals surface area contributed by atoms with Crippen LogP contribution in [0, 0.1) is 0 Å². The third-order valence-corrected chi connectivity index (χ3v) is 9.64. The topological polar surface area (TPSA) is 177 Å². The molecule has 0 aliphatic carbocycles. The number of nitrogens with zero attached hydrogens (tertiary/aromatic N) is 5. The van der Waals surface area contributed by atoms with Gasteiger partial charge in [-0.25, -0.2) is 19.1 Å². The predicted octanol–water partition coefficient (Wildman–Crippen LogP) is 7.04. The molecule has 1 saturated heterocycles. The standard InChI is InChI=1S/C33H51N6O7PS/c1-3-4-5-6-7-8-9-10-11-12-13-14-15-16-17-18-19-20-29(40)35-22-23-36-47(43,37-25-31(41)44-2)45-26-32-46-30(27-48-32)39-24-21-28(34)38-33(39)42/h17-25,30,32H,3-16,26-27H2,1-2H3,(H2,34,38,42)/b18-17-,20-19?,35-22?,36-23?,37-25?/t30-,32+,47?/m0/s1. The number of hydrogen-bond donors (Lipinski definition) is 1. The highest BCUT2D eigenvalue weighted by Gasteiger charge is 2.31. The number of aliphatic imine (C=N–C) groups is 1. The number of hydrogen-bond acceptors (Lipinski definition) is 10. The van der Waals surface area contributed by atoms with Crippen LogP contribution >= 0.6 is 19.4 Å². The minimum Gasteiger partial charge on any atom is -0.465 e. The lowest BCUT2D eigenvalue weighted by molar-refractivity contribution is -0.132. The maximum Gasteiger partial charge on any atom is 0.434 e. The molecule has 2 N–H and O–H groups in total. The Hall–Kier alpha value is -3.19. The van der Waals surface area contributed by atoms with Crippen molar-refractivity contribution in [2.45, 2.75) is 108 Å². The number of carbonyl (C=O) groups excluding carboxylic acids is 2. The highest BCUT2D eigenvalue weighted by atomic mass is 32.2. The molecule has 2 rings (SSSR count). The Morgan fingerprint density at radius 1 is 1.04 bits per heavy atom. The maximum absolute atomic E-state index is 13.2. The van der Waals surface area contributed by atoms with Crippen molar-refractivity contribution in [2.75, 3.05) is 25.2 Å². The van der Waals surface area contributed by atoms with Crippen molar-refractivity contribution in [3.8, 4) is 0 Å². The van der Waals surface area contributed by atoms with Gasteiger partial charge in [0.2, 0.25) is 0 Å². The van der Waals surface area contributed by atoms with Crippen molar-refractivity contribution in [1.29, 1.82) is 0 Å². The fraction of sp³-hybridized carbons (Fsp3) is 0.606. The van der Waals surface area contributed by atoms with Gasteiger partial charge < -0.3 is 15.2 Å². The number of allylic oxidation sites excluding steroid dienone is 3. The van der Waals surface area contributed by atoms with Gasteiger partial charge in [0.25, 0.3) is 5.91 Å². The second kappa shape index (κ2) is 24.9. The average Bonchev–Trinajstić information content (AvgIpc) is 3.55. The maximum atomic E-state index is 13.2. The number of anilines is 1. The van der Waals surface area contributed by atoms with E-state index in [1.54, 1.807) is 6.08 Å². The van der Waals surface area contributed by atoms with E-state index >= 15 is 0 Å². The normalized spacial score (nSPS) is 18.2. The molecule has 0 spiro atoms. The van der Waals surface area contributed by atoms with Gasteiger partial charge >= 0.3 is 19.3 Å². The van der Waals surface area contributed by atoms with Gasteiger partial charge in [-0.15, -0.1) is 11.8 Å². The Balaban J connectivity index is 1.69. The average molecular weight is 707 g/mol. The van der Waals surface area contributed by atoms with Crippen molar-refractivity contribution in [1.82, 2.24) is 9.55 Å². The minimum absolute atomic E-state index is 0.0950. The highest BCUT2D eigenvalue weighted by molar-refractivity contribution is 8.00. The van der Waals surface area contributed by atoms with Crippen LogP contribution in [0.15, 0.2) is 55.9 Å². The van der Waals surface area contributed by atoms with Crippen molar-refractivity contribution < 1.29 is 28.2 Å². The first kappa shape index (κ1) is 41.0. The lowest BCUT2D eigenvalue weighted by atomic mass is 10.0. The number of rotatable bonds is 24. The summed E-state index contributed by atoms with van der Waals surface area (Å²) in [5, 5.41) is 0. The van der Waals surface area contributed by atoms with E-state index in [1.165, 1.54) is 112 Å². The molecule has 1 aliphatic heterocycles. The van der Waals surface area contributed by atoms with E-state index in [2.05, 4.69) is 31.2 Å². The number of aromatic nitrogens is 2. The second-order valence-corrected chi connectivity index (χ2v) is 14.0. The molecular weight excluding hydrogens is 655 g/mol. The number of ether oxygens (including phenoxy) is 2. The van der Waals surface area contributed by atoms with Gasteiger partial charge in [0.05, 0.1) is 19.9 Å². The molecule has 0 radical (unpaired) electrons. The zero-order valence-corrected chi connectivity index (χ0v) is 29.9. The van der Waals surface area contributed by atoms with Crippen molar-refractivity contribution >= 4 is 55.8 Å². The van der Waals surface area contributed by atoms with Crippen molar-refractivity contribution in [2.24, 2.45) is 14.5 Å². The van der Waals surface area contributed by atoms with E-state index in [9.17, 15) is 18.9 Å². The zero-order chi connectivity index (χ0) is 34.9. The van der Waals surface area contributed by atoms with E-state index < -0.39 is 36.9 Å². The Labute approximate surface area is 288 Å². The van der Waals surface area contributed by atoms with Crippen LogP contribution in [0.4, 0.5) is 5.82 Å². The fourth-order valence-corrected chi connectivity index (χ4v) is 6.69. The van der Waals surface area contributed by atoms with Crippen LogP contribution in [-0.4, -0.2) is 65.0 Å². The number of esters is 1. The van der Waals surface area contributed by atoms with Gasteiger partial charge in [-0.05, 0) is 18.9 Å². The third kappa shape index (κ3) is 18.4. The van der Waals surface area contributed by atoms with Crippen molar-refractivity contribution in [3.05, 3.63) is 47.1 Å². The van der Waals surface area contributed by atoms with Crippen LogP contribution in [0.5, 0.6) is 0 Å². The molecule has 1 fully saturated rings. The first-order valence-electron chi connectivity index (χ1n) is 16.7. The van der Waals surface area contributed by atoms with Crippen LogP contribution in [0.2, 0.25) is 0 Å². The summed E-state index contributed by atoms with van der Waals surface area (Å²) < 4.78 is 37.6. The molecule has 13 nitrogen and oxygen atoms in total. The molecule has 1 unspecified atom stereocenters. The van der Waals surface area contributed by atoms with Gasteiger partial charge in [-0.3, -0.25) is 13.9 Å². The van der Waals surface area contributed by atoms with Crippen LogP contribution in [0.1, 0.15) is 103 Å². The van der Waals surface area contributed by atoms with Gasteiger partial charge in [0.1, 0.15) is 23.7 Å². The van der Waals surface area contributed by atoms with Gasteiger partial charge in [0.15, 0.2) is 0 Å². The summed E-state index contributed by atoms with van der Waals surface area (Å²) in [4.78, 5) is 43.1.